The fraction of sp³-hybridized carbons (Fsp3) is 0.182. The first-order valence-electron chi connectivity index (χ1n) is 9.75. The number of hydrogen-bond donors (Lipinski definition) is 3. The monoisotopic (exact) mass is 401 g/mol. The maximum atomic E-state index is 6.14. The van der Waals surface area contributed by atoms with Crippen LogP contribution in [0.15, 0.2) is 59.5 Å². The van der Waals surface area contributed by atoms with Gasteiger partial charge in [0.05, 0.1) is 45.7 Å². The van der Waals surface area contributed by atoms with Crippen molar-refractivity contribution in [2.75, 3.05) is 6.54 Å². The van der Waals surface area contributed by atoms with Crippen LogP contribution in [0.3, 0.4) is 0 Å². The van der Waals surface area contributed by atoms with Gasteiger partial charge in [-0.1, -0.05) is 24.3 Å². The van der Waals surface area contributed by atoms with Crippen LogP contribution in [0.1, 0.15) is 24.7 Å². The van der Waals surface area contributed by atoms with E-state index in [9.17, 15) is 0 Å². The summed E-state index contributed by atoms with van der Waals surface area (Å²) in [6, 6.07) is 12.9. The summed E-state index contributed by atoms with van der Waals surface area (Å²) in [7, 11) is 0. The van der Waals surface area contributed by atoms with Crippen molar-refractivity contribution in [1.29, 1.82) is 0 Å². The molecule has 6 nitrogen and oxygen atoms in total. The molecule has 0 saturated carbocycles. The standard InChI is InChI=1S/C22H19N5OS/c1-2-15(24-7-1)22-25-11-17(27-22)20-9-19-21(29-20)8-18(28-19)14-5-3-13(4-6-14)16-10-23-12-26-16/h3-6,8-12,15,24H,1-2,7H2,(H,23,26)(H,25,27). The van der Waals surface area contributed by atoms with Crippen LogP contribution in [0.4, 0.5) is 0 Å². The summed E-state index contributed by atoms with van der Waals surface area (Å²) in [5.74, 6) is 1.91. The molecule has 29 heavy (non-hydrogen) atoms. The zero-order chi connectivity index (χ0) is 19.2. The van der Waals surface area contributed by atoms with E-state index in [0.717, 1.165) is 62.2 Å². The van der Waals surface area contributed by atoms with Gasteiger partial charge in [-0.3, -0.25) is 0 Å². The third-order valence-corrected chi connectivity index (χ3v) is 6.53. The van der Waals surface area contributed by atoms with E-state index in [2.05, 4.69) is 61.7 Å². The number of furan rings is 1. The highest BCUT2D eigenvalue weighted by atomic mass is 32.1. The minimum absolute atomic E-state index is 0.350. The average Bonchev–Trinajstić information content (AvgIpc) is 3.55. The minimum atomic E-state index is 0.350. The Morgan fingerprint density at radius 3 is 2.69 bits per heavy atom. The number of H-pyrrole nitrogens is 2. The molecular weight excluding hydrogens is 382 g/mol. The number of aromatic amines is 2. The SMILES string of the molecule is c1ncc(-c2ccc(-c3cc4sc(-c5cnc(C6CCCN6)[nH]5)cc4o3)cc2)[nH]1. The van der Waals surface area contributed by atoms with Gasteiger partial charge >= 0.3 is 0 Å². The van der Waals surface area contributed by atoms with E-state index in [0.29, 0.717) is 6.04 Å². The molecule has 1 aliphatic rings. The van der Waals surface area contributed by atoms with Gasteiger partial charge in [0.25, 0.3) is 0 Å². The van der Waals surface area contributed by atoms with Crippen molar-refractivity contribution in [1.82, 2.24) is 25.3 Å². The number of imidazole rings is 2. The Kier molecular flexibility index (Phi) is 3.88. The van der Waals surface area contributed by atoms with Gasteiger partial charge in [0.15, 0.2) is 0 Å². The minimum Gasteiger partial charge on any atom is -0.455 e. The van der Waals surface area contributed by atoms with E-state index in [4.69, 9.17) is 4.42 Å². The average molecular weight is 401 g/mol. The van der Waals surface area contributed by atoms with Gasteiger partial charge in [-0.05, 0) is 24.9 Å². The van der Waals surface area contributed by atoms with Crippen molar-refractivity contribution in [2.24, 2.45) is 0 Å². The van der Waals surface area contributed by atoms with Crippen LogP contribution in [-0.4, -0.2) is 26.5 Å². The number of thiophene rings is 1. The van der Waals surface area contributed by atoms with Crippen molar-refractivity contribution in [3.63, 3.8) is 0 Å². The first-order valence-corrected chi connectivity index (χ1v) is 10.6. The summed E-state index contributed by atoms with van der Waals surface area (Å²) >= 11 is 1.72. The molecule has 0 spiro atoms. The second-order valence-corrected chi connectivity index (χ2v) is 8.41. The van der Waals surface area contributed by atoms with E-state index < -0.39 is 0 Å². The molecule has 0 aliphatic carbocycles. The Morgan fingerprint density at radius 2 is 1.93 bits per heavy atom. The zero-order valence-corrected chi connectivity index (χ0v) is 16.4. The Morgan fingerprint density at radius 1 is 1.03 bits per heavy atom. The van der Waals surface area contributed by atoms with E-state index in [1.54, 1.807) is 17.7 Å². The van der Waals surface area contributed by atoms with Gasteiger partial charge in [-0.2, -0.15) is 0 Å². The molecule has 1 aromatic carbocycles. The van der Waals surface area contributed by atoms with Crippen LogP contribution in [0.2, 0.25) is 0 Å². The van der Waals surface area contributed by atoms with Gasteiger partial charge in [-0.25, -0.2) is 9.97 Å². The molecule has 7 heteroatoms. The molecule has 144 valence electrons. The highest BCUT2D eigenvalue weighted by Gasteiger charge is 2.20. The number of nitrogens with zero attached hydrogens (tertiary/aromatic N) is 2. The lowest BCUT2D eigenvalue weighted by atomic mass is 10.1. The number of fused-ring (bicyclic) bond motifs is 1. The predicted molar refractivity (Wildman–Crippen MR) is 115 cm³/mol. The van der Waals surface area contributed by atoms with E-state index in [1.165, 1.54) is 6.42 Å². The Hall–Kier alpha value is -3.16. The molecule has 4 aromatic heterocycles. The summed E-state index contributed by atoms with van der Waals surface area (Å²) in [6.45, 7) is 1.07. The predicted octanol–water partition coefficient (Wildman–Crippen LogP) is 5.37. The van der Waals surface area contributed by atoms with Crippen LogP contribution in [0.5, 0.6) is 0 Å². The third kappa shape index (κ3) is 2.99. The van der Waals surface area contributed by atoms with Crippen molar-refractivity contribution in [2.45, 2.75) is 18.9 Å². The maximum absolute atomic E-state index is 6.14. The third-order valence-electron chi connectivity index (χ3n) is 5.44. The molecule has 3 N–H and O–H groups in total. The molecule has 0 radical (unpaired) electrons. The molecular formula is C22H19N5OS. The fourth-order valence-corrected chi connectivity index (χ4v) is 4.88. The molecule has 1 aliphatic heterocycles. The molecule has 5 heterocycles. The number of nitrogens with one attached hydrogen (secondary N) is 3. The Labute approximate surface area is 171 Å². The van der Waals surface area contributed by atoms with Gasteiger partial charge in [0.2, 0.25) is 0 Å². The summed E-state index contributed by atoms with van der Waals surface area (Å²) < 4.78 is 7.28. The smallest absolute Gasteiger partial charge is 0.146 e. The van der Waals surface area contributed by atoms with Gasteiger partial charge in [0, 0.05) is 17.7 Å². The van der Waals surface area contributed by atoms with Gasteiger partial charge in [-0.15, -0.1) is 11.3 Å². The molecule has 5 aromatic rings. The van der Waals surface area contributed by atoms with Gasteiger partial charge in [0.1, 0.15) is 17.2 Å². The number of rotatable bonds is 4. The molecule has 1 fully saturated rings. The van der Waals surface area contributed by atoms with Crippen molar-refractivity contribution >= 4 is 21.6 Å². The lowest BCUT2D eigenvalue weighted by Crippen LogP contribution is -2.14. The molecule has 1 saturated heterocycles. The second kappa shape index (κ2) is 6.72. The maximum Gasteiger partial charge on any atom is 0.146 e. The lowest BCUT2D eigenvalue weighted by Gasteiger charge is -2.04. The summed E-state index contributed by atoms with van der Waals surface area (Å²) in [5.41, 5.74) is 5.14. The summed E-state index contributed by atoms with van der Waals surface area (Å²) in [4.78, 5) is 16.4. The normalized spacial score (nSPS) is 16.8. The van der Waals surface area contributed by atoms with Crippen molar-refractivity contribution in [3.05, 3.63) is 60.9 Å². The van der Waals surface area contributed by atoms with E-state index >= 15 is 0 Å². The summed E-state index contributed by atoms with van der Waals surface area (Å²) in [5, 5.41) is 3.48. The van der Waals surface area contributed by atoms with E-state index in [-0.39, 0.29) is 0 Å². The zero-order valence-electron chi connectivity index (χ0n) is 15.6. The summed E-state index contributed by atoms with van der Waals surface area (Å²) in [6.07, 6.45) is 7.78. The molecule has 1 atom stereocenters. The molecule has 6 rings (SSSR count). The lowest BCUT2D eigenvalue weighted by molar-refractivity contribution is 0.613. The number of hydrogen-bond acceptors (Lipinski definition) is 5. The first-order chi connectivity index (χ1) is 14.3. The van der Waals surface area contributed by atoms with Gasteiger partial charge < -0.3 is 19.7 Å². The highest BCUT2D eigenvalue weighted by Crippen LogP contribution is 2.38. The number of benzene rings is 1. The van der Waals surface area contributed by atoms with E-state index in [1.807, 2.05) is 12.4 Å². The number of aromatic nitrogens is 4. The molecule has 1 unspecified atom stereocenters. The fourth-order valence-electron chi connectivity index (χ4n) is 3.90. The largest absolute Gasteiger partial charge is 0.455 e. The van der Waals surface area contributed by atoms with Crippen LogP contribution >= 0.6 is 11.3 Å². The Bertz CT molecular complexity index is 1230. The highest BCUT2D eigenvalue weighted by molar-refractivity contribution is 7.22. The van der Waals surface area contributed by atoms with Crippen molar-refractivity contribution in [3.8, 4) is 33.2 Å². The van der Waals surface area contributed by atoms with Crippen molar-refractivity contribution < 1.29 is 4.42 Å². The van der Waals surface area contributed by atoms with Crippen LogP contribution in [0.25, 0.3) is 43.4 Å². The van der Waals surface area contributed by atoms with Crippen LogP contribution < -0.4 is 5.32 Å². The van der Waals surface area contributed by atoms with Crippen LogP contribution in [0, 0.1) is 0 Å². The quantitative estimate of drug-likeness (QED) is 0.378. The molecule has 0 bridgehead atoms. The first kappa shape index (κ1) is 16.8. The Balaban J connectivity index is 1.27. The topological polar surface area (TPSA) is 82.5 Å². The second-order valence-electron chi connectivity index (χ2n) is 7.32. The molecule has 0 amide bonds. The van der Waals surface area contributed by atoms with Crippen LogP contribution in [-0.2, 0) is 0 Å².